The van der Waals surface area contributed by atoms with Gasteiger partial charge in [-0.25, -0.2) is 4.98 Å². The summed E-state index contributed by atoms with van der Waals surface area (Å²) in [5.74, 6) is 0. The lowest BCUT2D eigenvalue weighted by molar-refractivity contribution is 0.589. The Balaban J connectivity index is 2.38. The number of benzene rings is 1. The van der Waals surface area contributed by atoms with Gasteiger partial charge in [0.2, 0.25) is 0 Å². The van der Waals surface area contributed by atoms with Crippen LogP contribution >= 0.6 is 11.3 Å². The first-order chi connectivity index (χ1) is 8.38. The average molecular weight is 259 g/mol. The number of thiazole rings is 1. The molecule has 0 unspecified atom stereocenters. The van der Waals surface area contributed by atoms with E-state index in [1.165, 1.54) is 27.3 Å². The molecule has 18 heavy (non-hydrogen) atoms. The molecule has 96 valence electrons. The number of nitrogens with zero attached hydrogens (tertiary/aromatic N) is 1. The van der Waals surface area contributed by atoms with Crippen molar-refractivity contribution in [3.8, 4) is 0 Å². The lowest BCUT2D eigenvalue weighted by atomic mass is 9.83. The fourth-order valence-electron chi connectivity index (χ4n) is 2.20. The van der Waals surface area contributed by atoms with E-state index in [1.807, 2.05) is 11.6 Å². The molecule has 0 fully saturated rings. The summed E-state index contributed by atoms with van der Waals surface area (Å²) in [7, 11) is 0. The highest BCUT2D eigenvalue weighted by Gasteiger charge is 2.16. The van der Waals surface area contributed by atoms with Gasteiger partial charge in [-0.05, 0) is 41.5 Å². The van der Waals surface area contributed by atoms with Gasteiger partial charge in [0.1, 0.15) is 0 Å². The first-order valence-corrected chi connectivity index (χ1v) is 7.25. The standard InChI is InChI=1S/C16H21NS/c1-11-8-13(16(3,4)5)9-12(2)14(11)10-15-17-6-7-18-15/h6-9H,10H2,1-5H3. The van der Waals surface area contributed by atoms with Gasteiger partial charge in [0, 0.05) is 18.0 Å². The van der Waals surface area contributed by atoms with Crippen LogP contribution in [0.4, 0.5) is 0 Å². The van der Waals surface area contributed by atoms with Crippen molar-refractivity contribution in [1.29, 1.82) is 0 Å². The monoisotopic (exact) mass is 259 g/mol. The smallest absolute Gasteiger partial charge is 0.0968 e. The van der Waals surface area contributed by atoms with Gasteiger partial charge in [-0.2, -0.15) is 0 Å². The number of rotatable bonds is 2. The number of aromatic nitrogens is 1. The van der Waals surface area contributed by atoms with Gasteiger partial charge in [-0.1, -0.05) is 32.9 Å². The number of hydrogen-bond acceptors (Lipinski definition) is 2. The highest BCUT2D eigenvalue weighted by atomic mass is 32.1. The maximum absolute atomic E-state index is 4.38. The quantitative estimate of drug-likeness (QED) is 0.765. The van der Waals surface area contributed by atoms with Gasteiger partial charge in [0.15, 0.2) is 0 Å². The van der Waals surface area contributed by atoms with Crippen molar-refractivity contribution in [2.24, 2.45) is 0 Å². The first-order valence-electron chi connectivity index (χ1n) is 6.37. The molecule has 0 amide bonds. The van der Waals surface area contributed by atoms with E-state index in [0.29, 0.717) is 0 Å². The molecule has 0 bridgehead atoms. The Labute approximate surface area is 114 Å². The van der Waals surface area contributed by atoms with Gasteiger partial charge in [0.25, 0.3) is 0 Å². The van der Waals surface area contributed by atoms with Crippen molar-refractivity contribution >= 4 is 11.3 Å². The summed E-state index contributed by atoms with van der Waals surface area (Å²) in [5.41, 5.74) is 5.83. The minimum absolute atomic E-state index is 0.217. The van der Waals surface area contributed by atoms with E-state index in [2.05, 4.69) is 51.7 Å². The fraction of sp³-hybridized carbons (Fsp3) is 0.438. The molecule has 0 spiro atoms. The minimum atomic E-state index is 0.217. The summed E-state index contributed by atoms with van der Waals surface area (Å²) >= 11 is 1.73. The molecule has 0 radical (unpaired) electrons. The highest BCUT2D eigenvalue weighted by Crippen LogP contribution is 2.28. The summed E-state index contributed by atoms with van der Waals surface area (Å²) in [5, 5.41) is 3.24. The molecule has 0 saturated heterocycles. The van der Waals surface area contributed by atoms with Crippen LogP contribution in [-0.4, -0.2) is 4.98 Å². The molecule has 1 nitrogen and oxygen atoms in total. The van der Waals surface area contributed by atoms with Crippen LogP contribution in [0.15, 0.2) is 23.7 Å². The molecule has 0 aliphatic carbocycles. The second-order valence-electron chi connectivity index (χ2n) is 5.94. The lowest BCUT2D eigenvalue weighted by Crippen LogP contribution is -2.12. The van der Waals surface area contributed by atoms with E-state index in [4.69, 9.17) is 0 Å². The molecular weight excluding hydrogens is 238 g/mol. The second kappa shape index (κ2) is 4.85. The molecule has 1 aromatic carbocycles. The summed E-state index contributed by atoms with van der Waals surface area (Å²) in [4.78, 5) is 4.38. The van der Waals surface area contributed by atoms with Crippen LogP contribution in [0.25, 0.3) is 0 Å². The number of hydrogen-bond donors (Lipinski definition) is 0. The van der Waals surface area contributed by atoms with E-state index >= 15 is 0 Å². The molecule has 1 aromatic heterocycles. The van der Waals surface area contributed by atoms with Crippen LogP contribution in [0.3, 0.4) is 0 Å². The molecule has 2 aromatic rings. The Morgan fingerprint density at radius 1 is 1.11 bits per heavy atom. The average Bonchev–Trinajstić information content (AvgIpc) is 2.74. The maximum atomic E-state index is 4.38. The molecule has 2 rings (SSSR count). The molecule has 1 heterocycles. The van der Waals surface area contributed by atoms with Crippen molar-refractivity contribution in [3.63, 3.8) is 0 Å². The first kappa shape index (κ1) is 13.3. The molecule has 0 aliphatic heterocycles. The Morgan fingerprint density at radius 3 is 2.17 bits per heavy atom. The summed E-state index contributed by atoms with van der Waals surface area (Å²) < 4.78 is 0. The Kier molecular flexibility index (Phi) is 3.58. The Hall–Kier alpha value is -1.15. The minimum Gasteiger partial charge on any atom is -0.249 e. The van der Waals surface area contributed by atoms with Gasteiger partial charge in [-0.15, -0.1) is 11.3 Å². The van der Waals surface area contributed by atoms with E-state index < -0.39 is 0 Å². The third kappa shape index (κ3) is 2.81. The normalized spacial score (nSPS) is 11.8. The summed E-state index contributed by atoms with van der Waals surface area (Å²) in [6.45, 7) is 11.2. The van der Waals surface area contributed by atoms with Crippen LogP contribution in [0.1, 0.15) is 48.0 Å². The summed E-state index contributed by atoms with van der Waals surface area (Å²) in [6, 6.07) is 4.66. The zero-order valence-electron chi connectivity index (χ0n) is 11.9. The van der Waals surface area contributed by atoms with Gasteiger partial charge >= 0.3 is 0 Å². The van der Waals surface area contributed by atoms with Crippen molar-refractivity contribution < 1.29 is 0 Å². The maximum Gasteiger partial charge on any atom is 0.0968 e. The zero-order valence-corrected chi connectivity index (χ0v) is 12.7. The predicted molar refractivity (Wildman–Crippen MR) is 79.5 cm³/mol. The Morgan fingerprint density at radius 2 is 1.72 bits per heavy atom. The molecular formula is C16H21NS. The molecule has 2 heteroatoms. The molecule has 0 N–H and O–H groups in total. The van der Waals surface area contributed by atoms with E-state index in [0.717, 1.165) is 6.42 Å². The third-order valence-corrected chi connectivity index (χ3v) is 4.15. The van der Waals surface area contributed by atoms with Crippen molar-refractivity contribution in [1.82, 2.24) is 4.98 Å². The SMILES string of the molecule is Cc1cc(C(C)(C)C)cc(C)c1Cc1nccs1. The van der Waals surface area contributed by atoms with E-state index in [1.54, 1.807) is 11.3 Å². The lowest BCUT2D eigenvalue weighted by Gasteiger charge is -2.22. The second-order valence-corrected chi connectivity index (χ2v) is 6.92. The predicted octanol–water partition coefficient (Wildman–Crippen LogP) is 4.65. The largest absolute Gasteiger partial charge is 0.249 e. The van der Waals surface area contributed by atoms with Crippen molar-refractivity contribution in [2.75, 3.05) is 0 Å². The Bertz CT molecular complexity index is 510. The van der Waals surface area contributed by atoms with E-state index in [-0.39, 0.29) is 5.41 Å². The van der Waals surface area contributed by atoms with Crippen molar-refractivity contribution in [2.45, 2.75) is 46.5 Å². The van der Waals surface area contributed by atoms with Crippen LogP contribution in [-0.2, 0) is 11.8 Å². The third-order valence-electron chi connectivity index (χ3n) is 3.37. The van der Waals surface area contributed by atoms with Gasteiger partial charge in [0.05, 0.1) is 5.01 Å². The van der Waals surface area contributed by atoms with Crippen LogP contribution < -0.4 is 0 Å². The zero-order chi connectivity index (χ0) is 13.3. The molecule has 0 atom stereocenters. The van der Waals surface area contributed by atoms with Crippen LogP contribution in [0.2, 0.25) is 0 Å². The fourth-order valence-corrected chi connectivity index (χ4v) is 2.82. The molecule has 0 saturated carbocycles. The van der Waals surface area contributed by atoms with Crippen LogP contribution in [0, 0.1) is 13.8 Å². The van der Waals surface area contributed by atoms with Crippen LogP contribution in [0.5, 0.6) is 0 Å². The number of aryl methyl sites for hydroxylation is 2. The van der Waals surface area contributed by atoms with Gasteiger partial charge < -0.3 is 0 Å². The van der Waals surface area contributed by atoms with Crippen molar-refractivity contribution in [3.05, 3.63) is 51.0 Å². The highest BCUT2D eigenvalue weighted by molar-refractivity contribution is 7.09. The van der Waals surface area contributed by atoms with E-state index in [9.17, 15) is 0 Å². The summed E-state index contributed by atoms with van der Waals surface area (Å²) in [6.07, 6.45) is 2.84. The van der Waals surface area contributed by atoms with Gasteiger partial charge in [-0.3, -0.25) is 0 Å². The molecule has 0 aliphatic rings. The topological polar surface area (TPSA) is 12.9 Å².